The first kappa shape index (κ1) is 23.1. The molecule has 0 unspecified atom stereocenters. The number of aromatic nitrogens is 1. The summed E-state index contributed by atoms with van der Waals surface area (Å²) in [6.45, 7) is 8.59. The number of urea groups is 1. The maximum Gasteiger partial charge on any atom is 0.328 e. The second kappa shape index (κ2) is 8.56. The van der Waals surface area contributed by atoms with Gasteiger partial charge in [0.1, 0.15) is 6.04 Å². The third kappa shape index (κ3) is 3.70. The van der Waals surface area contributed by atoms with E-state index in [9.17, 15) is 14.4 Å². The predicted octanol–water partition coefficient (Wildman–Crippen LogP) is 4.24. The van der Waals surface area contributed by atoms with E-state index in [1.165, 1.54) is 4.90 Å². The minimum atomic E-state index is -1.16. The quantitative estimate of drug-likeness (QED) is 0.526. The molecule has 0 aliphatic carbocycles. The number of carbonyl (C=O) groups excluding carboxylic acids is 3. The highest BCUT2D eigenvalue weighted by Gasteiger charge is 2.60. The molecule has 1 saturated heterocycles. The predicted molar refractivity (Wildman–Crippen MR) is 135 cm³/mol. The second-order valence-corrected chi connectivity index (χ2v) is 10.3. The summed E-state index contributed by atoms with van der Waals surface area (Å²) in [6.07, 6.45) is 1.07. The average Bonchev–Trinajstić information content (AvgIpc) is 3.31. The molecule has 0 bridgehead atoms. The lowest BCUT2D eigenvalue weighted by molar-refractivity contribution is -0.140. The lowest BCUT2D eigenvalue weighted by atomic mass is 9.87. The molecular formula is C28H32N4O3. The largest absolute Gasteiger partial charge is 0.356 e. The van der Waals surface area contributed by atoms with Gasteiger partial charge in [-0.3, -0.25) is 9.59 Å². The van der Waals surface area contributed by atoms with Gasteiger partial charge in [0.25, 0.3) is 5.91 Å². The Labute approximate surface area is 205 Å². The molecule has 4 amide bonds. The van der Waals surface area contributed by atoms with Crippen molar-refractivity contribution in [3.8, 4) is 0 Å². The fraction of sp³-hybridized carbons (Fsp3) is 0.393. The molecular weight excluding hydrogens is 440 g/mol. The minimum absolute atomic E-state index is 0.125. The monoisotopic (exact) mass is 472 g/mol. The van der Waals surface area contributed by atoms with Crippen LogP contribution in [0, 0.1) is 12.8 Å². The smallest absolute Gasteiger partial charge is 0.328 e. The third-order valence-electron chi connectivity index (χ3n) is 7.39. The molecule has 2 atom stereocenters. The van der Waals surface area contributed by atoms with Crippen molar-refractivity contribution in [1.82, 2.24) is 20.1 Å². The number of fused-ring (bicyclic) bond motifs is 5. The molecule has 2 N–H and O–H groups in total. The van der Waals surface area contributed by atoms with Crippen LogP contribution >= 0.6 is 0 Å². The Morgan fingerprint density at radius 1 is 1.11 bits per heavy atom. The summed E-state index contributed by atoms with van der Waals surface area (Å²) in [6, 6.07) is 14.6. The Balaban J connectivity index is 1.47. The van der Waals surface area contributed by atoms with E-state index >= 15 is 0 Å². The average molecular weight is 473 g/mol. The zero-order valence-corrected chi connectivity index (χ0v) is 20.7. The molecule has 1 aromatic heterocycles. The normalized spacial score (nSPS) is 20.4. The number of nitrogens with zero attached hydrogens (tertiary/aromatic N) is 2. The Morgan fingerprint density at radius 3 is 2.54 bits per heavy atom. The number of nitrogens with one attached hydrogen (secondary N) is 2. The van der Waals surface area contributed by atoms with E-state index in [-0.39, 0.29) is 17.7 Å². The highest BCUT2D eigenvalue weighted by molar-refractivity contribution is 6.11. The topological polar surface area (TPSA) is 85.5 Å². The zero-order valence-electron chi connectivity index (χ0n) is 20.7. The van der Waals surface area contributed by atoms with Gasteiger partial charge in [-0.15, -0.1) is 0 Å². The van der Waals surface area contributed by atoms with Crippen LogP contribution in [0.3, 0.4) is 0 Å². The van der Waals surface area contributed by atoms with Gasteiger partial charge in [0.05, 0.1) is 5.69 Å². The number of aryl methyl sites for hydroxylation is 1. The second-order valence-electron chi connectivity index (χ2n) is 10.3. The molecule has 0 spiro atoms. The fourth-order valence-corrected chi connectivity index (χ4v) is 5.48. The van der Waals surface area contributed by atoms with E-state index in [4.69, 9.17) is 0 Å². The zero-order chi connectivity index (χ0) is 24.9. The van der Waals surface area contributed by atoms with E-state index in [1.807, 2.05) is 69.3 Å². The van der Waals surface area contributed by atoms with Crippen molar-refractivity contribution in [1.29, 1.82) is 0 Å². The molecule has 3 aromatic rings. The number of aromatic amines is 1. The number of hydrogen-bond donors (Lipinski definition) is 2. The van der Waals surface area contributed by atoms with E-state index in [0.717, 1.165) is 33.3 Å². The van der Waals surface area contributed by atoms with Gasteiger partial charge < -0.3 is 15.2 Å². The van der Waals surface area contributed by atoms with Crippen LogP contribution in [0.15, 0.2) is 48.5 Å². The first-order valence-corrected chi connectivity index (χ1v) is 12.3. The minimum Gasteiger partial charge on any atom is -0.356 e. The van der Waals surface area contributed by atoms with Crippen LogP contribution < -0.4 is 5.32 Å². The Kier molecular flexibility index (Phi) is 5.66. The number of amides is 4. The van der Waals surface area contributed by atoms with Crippen LogP contribution in [0.25, 0.3) is 10.9 Å². The third-order valence-corrected chi connectivity index (χ3v) is 7.39. The van der Waals surface area contributed by atoms with Crippen molar-refractivity contribution < 1.29 is 14.4 Å². The Hall–Kier alpha value is -3.61. The summed E-state index contributed by atoms with van der Waals surface area (Å²) in [5.74, 6) is -0.521. The number of imide groups is 1. The van der Waals surface area contributed by atoms with Crippen molar-refractivity contribution in [2.45, 2.75) is 58.7 Å². The SMILES string of the molecule is Cc1ccc(CNC(=O)[C@H](CC(C)C)N2C(=O)N3CCc4c([nH]c5ccccc45)[C@@]3(C)C2=O)cc1. The van der Waals surface area contributed by atoms with Gasteiger partial charge in [-0.1, -0.05) is 61.9 Å². The van der Waals surface area contributed by atoms with Crippen LogP contribution in [0.4, 0.5) is 4.79 Å². The first-order valence-electron chi connectivity index (χ1n) is 12.3. The molecule has 1 fully saturated rings. The number of H-pyrrole nitrogens is 1. The summed E-state index contributed by atoms with van der Waals surface area (Å²) in [5.41, 5.74) is 3.75. The molecule has 5 rings (SSSR count). The standard InChI is InChI=1S/C28H32N4O3/c1-17(2)15-23(25(33)29-16-19-11-9-18(3)10-12-19)32-26(34)28(4)24-21(13-14-31(28)27(32)35)20-7-5-6-8-22(20)30-24/h5-12,17,23,30H,13-16H2,1-4H3,(H,29,33)/t23-,28-/m0/s1. The highest BCUT2D eigenvalue weighted by atomic mass is 16.2. The van der Waals surface area contributed by atoms with Crippen molar-refractivity contribution in [3.63, 3.8) is 0 Å². The number of carbonyl (C=O) groups is 3. The molecule has 7 nitrogen and oxygen atoms in total. The van der Waals surface area contributed by atoms with Gasteiger partial charge >= 0.3 is 6.03 Å². The summed E-state index contributed by atoms with van der Waals surface area (Å²) in [4.78, 5) is 47.3. The molecule has 2 aromatic carbocycles. The highest BCUT2D eigenvalue weighted by Crippen LogP contribution is 2.44. The molecule has 35 heavy (non-hydrogen) atoms. The summed E-state index contributed by atoms with van der Waals surface area (Å²) >= 11 is 0. The first-order chi connectivity index (χ1) is 16.7. The maximum absolute atomic E-state index is 14.0. The van der Waals surface area contributed by atoms with Gasteiger partial charge in [-0.25, -0.2) is 9.69 Å². The molecule has 182 valence electrons. The maximum atomic E-state index is 14.0. The molecule has 2 aliphatic heterocycles. The summed E-state index contributed by atoms with van der Waals surface area (Å²) < 4.78 is 0. The van der Waals surface area contributed by atoms with Crippen molar-refractivity contribution in [2.24, 2.45) is 5.92 Å². The van der Waals surface area contributed by atoms with Crippen molar-refractivity contribution in [2.75, 3.05) is 6.54 Å². The molecule has 7 heteroatoms. The van der Waals surface area contributed by atoms with Crippen LogP contribution in [0.1, 0.15) is 49.6 Å². The summed E-state index contributed by atoms with van der Waals surface area (Å²) in [5, 5.41) is 4.05. The Morgan fingerprint density at radius 2 is 1.83 bits per heavy atom. The summed E-state index contributed by atoms with van der Waals surface area (Å²) in [7, 11) is 0. The fourth-order valence-electron chi connectivity index (χ4n) is 5.48. The van der Waals surface area contributed by atoms with Crippen molar-refractivity contribution >= 4 is 28.7 Å². The van der Waals surface area contributed by atoms with Crippen LogP contribution in [0.5, 0.6) is 0 Å². The molecule has 0 radical (unpaired) electrons. The van der Waals surface area contributed by atoms with Gasteiger partial charge in [0, 0.05) is 24.0 Å². The molecule has 0 saturated carbocycles. The Bertz CT molecular complexity index is 1310. The van der Waals surface area contributed by atoms with Gasteiger partial charge in [-0.05, 0) is 49.8 Å². The number of benzene rings is 2. The number of rotatable bonds is 6. The van der Waals surface area contributed by atoms with Crippen LogP contribution in [-0.2, 0) is 28.1 Å². The van der Waals surface area contributed by atoms with E-state index < -0.39 is 17.6 Å². The van der Waals surface area contributed by atoms with E-state index in [0.29, 0.717) is 25.9 Å². The van der Waals surface area contributed by atoms with E-state index in [1.54, 1.807) is 11.8 Å². The van der Waals surface area contributed by atoms with Gasteiger partial charge in [0.15, 0.2) is 5.54 Å². The van der Waals surface area contributed by atoms with Crippen molar-refractivity contribution in [3.05, 3.63) is 70.9 Å². The molecule has 2 aliphatic rings. The van der Waals surface area contributed by atoms with E-state index in [2.05, 4.69) is 10.3 Å². The number of para-hydroxylation sites is 1. The lowest BCUT2D eigenvalue weighted by Crippen LogP contribution is -2.51. The van der Waals surface area contributed by atoms with Crippen LogP contribution in [-0.4, -0.2) is 45.2 Å². The lowest BCUT2D eigenvalue weighted by Gasteiger charge is -2.36. The number of hydrogen-bond acceptors (Lipinski definition) is 3. The van der Waals surface area contributed by atoms with Crippen LogP contribution in [0.2, 0.25) is 0 Å². The molecule has 3 heterocycles. The van der Waals surface area contributed by atoms with Gasteiger partial charge in [0.2, 0.25) is 5.91 Å². The van der Waals surface area contributed by atoms with Gasteiger partial charge in [-0.2, -0.15) is 0 Å².